The summed E-state index contributed by atoms with van der Waals surface area (Å²) in [6.45, 7) is 4.37. The van der Waals surface area contributed by atoms with Crippen LogP contribution >= 0.6 is 0 Å². The minimum Gasteiger partial charge on any atom is -0.489 e. The van der Waals surface area contributed by atoms with Crippen molar-refractivity contribution in [2.45, 2.75) is 32.0 Å². The van der Waals surface area contributed by atoms with Crippen molar-refractivity contribution in [1.82, 2.24) is 45.0 Å². The molecule has 11 heteroatoms. The van der Waals surface area contributed by atoms with Crippen LogP contribution in [0.1, 0.15) is 23.7 Å². The SMILES string of the molecule is C[C@@H](Cn1cnnn1)Oc1cccc(-c2ccn3ncc(-c4cccc(C(=O)NC5CCN(C)C5)c4)c3n2)c1. The minimum atomic E-state index is -0.125. The Morgan fingerprint density at radius 3 is 2.85 bits per heavy atom. The van der Waals surface area contributed by atoms with Crippen molar-refractivity contribution in [3.63, 3.8) is 0 Å². The third-order valence-electron chi connectivity index (χ3n) is 6.83. The Morgan fingerprint density at radius 1 is 1.15 bits per heavy atom. The number of hydrogen-bond acceptors (Lipinski definition) is 8. The number of aromatic nitrogens is 7. The highest BCUT2D eigenvalue weighted by atomic mass is 16.5. The van der Waals surface area contributed by atoms with Crippen molar-refractivity contribution >= 4 is 11.6 Å². The molecule has 2 aromatic carbocycles. The molecule has 1 aliphatic heterocycles. The number of rotatable bonds is 8. The van der Waals surface area contributed by atoms with Crippen LogP contribution in [0.3, 0.4) is 0 Å². The van der Waals surface area contributed by atoms with E-state index in [1.165, 1.54) is 0 Å². The summed E-state index contributed by atoms with van der Waals surface area (Å²) in [5.41, 5.74) is 4.79. The number of carbonyl (C=O) groups is 1. The first-order chi connectivity index (χ1) is 19.0. The normalized spacial score (nSPS) is 16.4. The maximum Gasteiger partial charge on any atom is 0.251 e. The third-order valence-corrected chi connectivity index (χ3v) is 6.83. The Morgan fingerprint density at radius 2 is 2.03 bits per heavy atom. The van der Waals surface area contributed by atoms with Crippen LogP contribution in [0.4, 0.5) is 0 Å². The second kappa shape index (κ2) is 10.6. The van der Waals surface area contributed by atoms with Gasteiger partial charge in [-0.2, -0.15) is 5.10 Å². The number of ether oxygens (including phenoxy) is 1. The molecule has 0 spiro atoms. The molecule has 5 aromatic rings. The first kappa shape index (κ1) is 24.7. The smallest absolute Gasteiger partial charge is 0.251 e. The van der Waals surface area contributed by atoms with Crippen molar-refractivity contribution in [2.24, 2.45) is 0 Å². The zero-order valence-corrected chi connectivity index (χ0v) is 21.8. The molecule has 198 valence electrons. The lowest BCUT2D eigenvalue weighted by Crippen LogP contribution is -2.36. The van der Waals surface area contributed by atoms with Crippen molar-refractivity contribution in [1.29, 1.82) is 0 Å². The minimum absolute atomic E-state index is 0.0617. The van der Waals surface area contributed by atoms with Gasteiger partial charge in [-0.25, -0.2) is 14.2 Å². The third kappa shape index (κ3) is 5.48. The molecule has 11 nitrogen and oxygen atoms in total. The lowest BCUT2D eigenvalue weighted by molar-refractivity contribution is 0.0938. The number of fused-ring (bicyclic) bond motifs is 1. The Bertz CT molecular complexity index is 1600. The number of hydrogen-bond donors (Lipinski definition) is 1. The van der Waals surface area contributed by atoms with Crippen LogP contribution < -0.4 is 10.1 Å². The zero-order valence-electron chi connectivity index (χ0n) is 21.8. The number of amides is 1. The summed E-state index contributed by atoms with van der Waals surface area (Å²) in [5.74, 6) is 0.670. The molecule has 3 aromatic heterocycles. The van der Waals surface area contributed by atoms with E-state index in [1.54, 1.807) is 21.7 Å². The molecule has 4 heterocycles. The monoisotopic (exact) mass is 523 g/mol. The van der Waals surface area contributed by atoms with E-state index in [2.05, 4.69) is 37.9 Å². The van der Waals surface area contributed by atoms with Gasteiger partial charge in [-0.15, -0.1) is 5.10 Å². The van der Waals surface area contributed by atoms with Crippen LogP contribution in [0.5, 0.6) is 5.75 Å². The predicted octanol–water partition coefficient (Wildman–Crippen LogP) is 2.95. The molecular formula is C28H29N9O2. The number of nitrogens with one attached hydrogen (secondary N) is 1. The molecule has 0 radical (unpaired) electrons. The highest BCUT2D eigenvalue weighted by molar-refractivity contribution is 5.96. The van der Waals surface area contributed by atoms with Crippen LogP contribution in [0, 0.1) is 0 Å². The fraction of sp³-hybridized carbons (Fsp3) is 0.286. The lowest BCUT2D eigenvalue weighted by Gasteiger charge is -2.15. The van der Waals surface area contributed by atoms with Gasteiger partial charge < -0.3 is 15.0 Å². The Labute approximate surface area is 225 Å². The first-order valence-electron chi connectivity index (χ1n) is 12.9. The predicted molar refractivity (Wildman–Crippen MR) is 145 cm³/mol. The lowest BCUT2D eigenvalue weighted by atomic mass is 10.0. The molecule has 2 atom stereocenters. The molecule has 0 saturated carbocycles. The van der Waals surface area contributed by atoms with Gasteiger partial charge in [0.05, 0.1) is 18.4 Å². The Kier molecular flexibility index (Phi) is 6.72. The van der Waals surface area contributed by atoms with Crippen molar-refractivity contribution in [3.05, 3.63) is 78.9 Å². The van der Waals surface area contributed by atoms with Gasteiger partial charge in [0, 0.05) is 35.5 Å². The molecule has 1 N–H and O–H groups in total. The first-order valence-corrected chi connectivity index (χ1v) is 12.9. The van der Waals surface area contributed by atoms with E-state index in [0.717, 1.165) is 47.6 Å². The maximum absolute atomic E-state index is 12.9. The second-order valence-corrected chi connectivity index (χ2v) is 9.93. The van der Waals surface area contributed by atoms with E-state index >= 15 is 0 Å². The number of likely N-dealkylation sites (tertiary alicyclic amines) is 1. The van der Waals surface area contributed by atoms with E-state index in [9.17, 15) is 4.79 Å². The molecule has 1 fully saturated rings. The van der Waals surface area contributed by atoms with Crippen LogP contribution in [0.2, 0.25) is 0 Å². The van der Waals surface area contributed by atoms with E-state index < -0.39 is 0 Å². The fourth-order valence-corrected chi connectivity index (χ4v) is 4.91. The highest BCUT2D eigenvalue weighted by Crippen LogP contribution is 2.28. The Hall–Kier alpha value is -4.64. The summed E-state index contributed by atoms with van der Waals surface area (Å²) in [6.07, 6.45) is 6.08. The number of benzene rings is 2. The average molecular weight is 524 g/mol. The topological polar surface area (TPSA) is 115 Å². The summed E-state index contributed by atoms with van der Waals surface area (Å²) in [7, 11) is 2.07. The van der Waals surface area contributed by atoms with Crippen LogP contribution in [-0.4, -0.2) is 77.9 Å². The summed E-state index contributed by atoms with van der Waals surface area (Å²) in [6, 6.07) is 17.6. The maximum atomic E-state index is 12.9. The van der Waals surface area contributed by atoms with E-state index in [0.29, 0.717) is 17.8 Å². The standard InChI is InChI=1S/C28H29N9O2/c1-19(16-36-18-29-33-34-36)39-24-8-4-6-21(14-24)26-10-12-37-27(32-26)25(15-30-37)20-5-3-7-22(13-20)28(38)31-23-9-11-35(2)17-23/h3-8,10,12-15,18-19,23H,9,11,16-17H2,1-2H3,(H,31,38)/t19-,23?/m0/s1. The van der Waals surface area contributed by atoms with Crippen molar-refractivity contribution in [2.75, 3.05) is 20.1 Å². The Balaban J connectivity index is 1.23. The number of tetrazole rings is 1. The number of likely N-dealkylation sites (N-methyl/N-ethyl adjacent to an activating group) is 1. The van der Waals surface area contributed by atoms with Crippen LogP contribution in [-0.2, 0) is 6.54 Å². The molecule has 1 unspecified atom stereocenters. The second-order valence-electron chi connectivity index (χ2n) is 9.93. The molecule has 0 bridgehead atoms. The van der Waals surface area contributed by atoms with Gasteiger partial charge in [-0.3, -0.25) is 4.79 Å². The van der Waals surface area contributed by atoms with Gasteiger partial charge in [0.15, 0.2) is 5.65 Å². The van der Waals surface area contributed by atoms with Crippen molar-refractivity contribution < 1.29 is 9.53 Å². The number of nitrogens with zero attached hydrogens (tertiary/aromatic N) is 8. The fourth-order valence-electron chi connectivity index (χ4n) is 4.91. The van der Waals surface area contributed by atoms with Gasteiger partial charge >= 0.3 is 0 Å². The van der Waals surface area contributed by atoms with Crippen LogP contribution in [0.25, 0.3) is 28.0 Å². The molecule has 1 amide bonds. The summed E-state index contributed by atoms with van der Waals surface area (Å²) in [5, 5.41) is 18.9. The van der Waals surface area contributed by atoms with Gasteiger partial charge in [0.25, 0.3) is 5.91 Å². The van der Waals surface area contributed by atoms with E-state index in [4.69, 9.17) is 9.72 Å². The summed E-state index contributed by atoms with van der Waals surface area (Å²) < 4.78 is 9.48. The molecule has 0 aliphatic carbocycles. The summed E-state index contributed by atoms with van der Waals surface area (Å²) in [4.78, 5) is 20.1. The van der Waals surface area contributed by atoms with Gasteiger partial charge in [0.2, 0.25) is 0 Å². The zero-order chi connectivity index (χ0) is 26.8. The van der Waals surface area contributed by atoms with E-state index in [-0.39, 0.29) is 18.1 Å². The average Bonchev–Trinajstić information content (AvgIpc) is 3.70. The van der Waals surface area contributed by atoms with Gasteiger partial charge in [-0.1, -0.05) is 24.3 Å². The largest absolute Gasteiger partial charge is 0.489 e. The van der Waals surface area contributed by atoms with Gasteiger partial charge in [0.1, 0.15) is 18.2 Å². The molecular weight excluding hydrogens is 494 g/mol. The van der Waals surface area contributed by atoms with Crippen molar-refractivity contribution in [3.8, 4) is 28.1 Å². The quantitative estimate of drug-likeness (QED) is 0.330. The molecule has 1 aliphatic rings. The van der Waals surface area contributed by atoms with Crippen LogP contribution in [0.15, 0.2) is 73.3 Å². The summed E-state index contributed by atoms with van der Waals surface area (Å²) >= 11 is 0. The molecule has 39 heavy (non-hydrogen) atoms. The molecule has 6 rings (SSSR count). The molecule has 1 saturated heterocycles. The van der Waals surface area contributed by atoms with Gasteiger partial charge in [-0.05, 0) is 73.3 Å². The number of carbonyl (C=O) groups excluding carboxylic acids is 1. The highest BCUT2D eigenvalue weighted by Gasteiger charge is 2.22. The van der Waals surface area contributed by atoms with E-state index in [1.807, 2.05) is 67.7 Å².